The maximum absolute atomic E-state index is 5.02. The number of ether oxygens (including phenoxy) is 2. The number of methoxy groups -OCH3 is 1. The third-order valence-corrected chi connectivity index (χ3v) is 1.87. The van der Waals surface area contributed by atoms with Crippen LogP contribution in [-0.2, 0) is 9.62 Å². The normalized spacial score (nSPS) is 19.1. The Morgan fingerprint density at radius 3 is 2.50 bits per heavy atom. The van der Waals surface area contributed by atoms with E-state index in [2.05, 4.69) is 0 Å². The molecule has 0 unspecified atom stereocenters. The number of rotatable bonds is 5. The zero-order chi connectivity index (χ0) is 9.80. The second kappa shape index (κ2) is 4.30. The first-order valence-electron chi connectivity index (χ1n) is 4.43. The van der Waals surface area contributed by atoms with Crippen molar-refractivity contribution in [1.29, 1.82) is 0 Å². The SMILES string of the molecule is COc1ccc(OOC[C@H]2CO2)cc1. The summed E-state index contributed by atoms with van der Waals surface area (Å²) in [5, 5.41) is 0. The van der Waals surface area contributed by atoms with Crippen LogP contribution in [0.25, 0.3) is 0 Å². The van der Waals surface area contributed by atoms with Crippen molar-refractivity contribution in [3.63, 3.8) is 0 Å². The summed E-state index contributed by atoms with van der Waals surface area (Å²) in [4.78, 5) is 9.97. The molecule has 0 saturated carbocycles. The van der Waals surface area contributed by atoms with Crippen LogP contribution in [0.5, 0.6) is 11.5 Å². The Hall–Kier alpha value is -1.26. The van der Waals surface area contributed by atoms with E-state index in [9.17, 15) is 0 Å². The van der Waals surface area contributed by atoms with E-state index in [0.29, 0.717) is 12.4 Å². The van der Waals surface area contributed by atoms with E-state index >= 15 is 0 Å². The lowest BCUT2D eigenvalue weighted by Gasteiger charge is -2.04. The highest BCUT2D eigenvalue weighted by molar-refractivity contribution is 5.30. The summed E-state index contributed by atoms with van der Waals surface area (Å²) in [6.45, 7) is 1.25. The van der Waals surface area contributed by atoms with Crippen LogP contribution in [0.1, 0.15) is 0 Å². The van der Waals surface area contributed by atoms with Crippen LogP contribution in [0.4, 0.5) is 0 Å². The minimum absolute atomic E-state index is 0.216. The third kappa shape index (κ3) is 2.61. The molecule has 0 spiro atoms. The van der Waals surface area contributed by atoms with Crippen molar-refractivity contribution in [3.05, 3.63) is 24.3 Å². The van der Waals surface area contributed by atoms with Gasteiger partial charge in [0.05, 0.1) is 13.7 Å². The van der Waals surface area contributed by atoms with Crippen LogP contribution in [0.15, 0.2) is 24.3 Å². The molecule has 1 aromatic carbocycles. The molecule has 0 amide bonds. The topological polar surface area (TPSA) is 40.2 Å². The molecule has 14 heavy (non-hydrogen) atoms. The van der Waals surface area contributed by atoms with Gasteiger partial charge in [-0.2, -0.15) is 4.89 Å². The maximum Gasteiger partial charge on any atom is 0.165 e. The maximum atomic E-state index is 5.02. The van der Waals surface area contributed by atoms with Gasteiger partial charge in [-0.3, -0.25) is 0 Å². The van der Waals surface area contributed by atoms with Gasteiger partial charge in [0.2, 0.25) is 0 Å². The van der Waals surface area contributed by atoms with Crippen LogP contribution >= 0.6 is 0 Å². The number of hydrogen-bond acceptors (Lipinski definition) is 4. The van der Waals surface area contributed by atoms with E-state index in [1.54, 1.807) is 19.2 Å². The Morgan fingerprint density at radius 2 is 1.93 bits per heavy atom. The monoisotopic (exact) mass is 196 g/mol. The van der Waals surface area contributed by atoms with E-state index in [4.69, 9.17) is 19.2 Å². The molecular formula is C10H12O4. The van der Waals surface area contributed by atoms with Crippen LogP contribution < -0.4 is 9.62 Å². The van der Waals surface area contributed by atoms with Crippen molar-refractivity contribution in [1.82, 2.24) is 0 Å². The molecule has 0 radical (unpaired) electrons. The minimum Gasteiger partial charge on any atom is -0.497 e. The predicted molar refractivity (Wildman–Crippen MR) is 49.3 cm³/mol. The van der Waals surface area contributed by atoms with Gasteiger partial charge in [-0.15, -0.1) is 0 Å². The Morgan fingerprint density at radius 1 is 1.29 bits per heavy atom. The molecular weight excluding hydrogens is 184 g/mol. The van der Waals surface area contributed by atoms with Crippen molar-refractivity contribution in [3.8, 4) is 11.5 Å². The molecule has 0 bridgehead atoms. The minimum atomic E-state index is 0.216. The Bertz CT molecular complexity index is 279. The predicted octanol–water partition coefficient (Wildman–Crippen LogP) is 1.40. The standard InChI is InChI=1S/C10H12O4/c1-11-8-2-4-9(5-3-8)14-13-7-10-6-12-10/h2-5,10H,6-7H2,1H3/t10-/m1/s1. The van der Waals surface area contributed by atoms with Crippen molar-refractivity contribution in [2.24, 2.45) is 0 Å². The van der Waals surface area contributed by atoms with Gasteiger partial charge in [0.25, 0.3) is 0 Å². The fourth-order valence-electron chi connectivity index (χ4n) is 0.974. The largest absolute Gasteiger partial charge is 0.497 e. The van der Waals surface area contributed by atoms with E-state index < -0.39 is 0 Å². The van der Waals surface area contributed by atoms with Gasteiger partial charge in [0.1, 0.15) is 18.5 Å². The lowest BCUT2D eigenvalue weighted by Crippen LogP contribution is -2.04. The highest BCUT2D eigenvalue weighted by Gasteiger charge is 2.23. The van der Waals surface area contributed by atoms with Gasteiger partial charge < -0.3 is 14.4 Å². The summed E-state index contributed by atoms with van der Waals surface area (Å²) in [6.07, 6.45) is 0.216. The smallest absolute Gasteiger partial charge is 0.165 e. The van der Waals surface area contributed by atoms with Crippen LogP contribution in [0, 0.1) is 0 Å². The third-order valence-electron chi connectivity index (χ3n) is 1.87. The molecule has 4 heteroatoms. The summed E-state index contributed by atoms with van der Waals surface area (Å²) >= 11 is 0. The van der Waals surface area contributed by atoms with E-state index in [1.807, 2.05) is 12.1 Å². The Balaban J connectivity index is 1.77. The molecule has 76 valence electrons. The number of epoxide rings is 1. The van der Waals surface area contributed by atoms with E-state index in [-0.39, 0.29) is 6.10 Å². The molecule has 1 atom stereocenters. The first-order valence-corrected chi connectivity index (χ1v) is 4.43. The molecule has 0 N–H and O–H groups in total. The van der Waals surface area contributed by atoms with Gasteiger partial charge in [-0.05, 0) is 24.3 Å². The van der Waals surface area contributed by atoms with Gasteiger partial charge in [0, 0.05) is 0 Å². The van der Waals surface area contributed by atoms with Crippen LogP contribution in [-0.4, -0.2) is 26.4 Å². The van der Waals surface area contributed by atoms with Crippen molar-refractivity contribution < 1.29 is 19.2 Å². The lowest BCUT2D eigenvalue weighted by atomic mass is 10.3. The second-order valence-electron chi connectivity index (χ2n) is 3.00. The molecule has 1 fully saturated rings. The first-order chi connectivity index (χ1) is 6.88. The van der Waals surface area contributed by atoms with Crippen molar-refractivity contribution in [2.45, 2.75) is 6.10 Å². The summed E-state index contributed by atoms with van der Waals surface area (Å²) in [7, 11) is 1.62. The molecule has 2 rings (SSSR count). The molecule has 4 nitrogen and oxygen atoms in total. The number of hydrogen-bond donors (Lipinski definition) is 0. The summed E-state index contributed by atoms with van der Waals surface area (Å²) < 4.78 is 9.96. The highest BCUT2D eigenvalue weighted by Crippen LogP contribution is 2.17. The average molecular weight is 196 g/mol. The zero-order valence-corrected chi connectivity index (χ0v) is 7.93. The van der Waals surface area contributed by atoms with Crippen LogP contribution in [0.2, 0.25) is 0 Å². The van der Waals surface area contributed by atoms with Gasteiger partial charge >= 0.3 is 0 Å². The molecule has 1 aromatic rings. The Labute approximate surface area is 82.3 Å². The molecule has 1 aliphatic heterocycles. The molecule has 1 aliphatic rings. The lowest BCUT2D eigenvalue weighted by molar-refractivity contribution is -0.209. The number of benzene rings is 1. The molecule has 1 saturated heterocycles. The summed E-state index contributed by atoms with van der Waals surface area (Å²) in [5.41, 5.74) is 0. The fraction of sp³-hybridized carbons (Fsp3) is 0.400. The van der Waals surface area contributed by atoms with Crippen molar-refractivity contribution in [2.75, 3.05) is 20.3 Å². The zero-order valence-electron chi connectivity index (χ0n) is 7.93. The summed E-state index contributed by atoms with van der Waals surface area (Å²) in [6, 6.07) is 7.19. The summed E-state index contributed by atoms with van der Waals surface area (Å²) in [5.74, 6) is 1.45. The average Bonchev–Trinajstić information content (AvgIpc) is 3.03. The molecule has 0 aromatic heterocycles. The second-order valence-corrected chi connectivity index (χ2v) is 3.00. The quantitative estimate of drug-likeness (QED) is 0.405. The fourth-order valence-corrected chi connectivity index (χ4v) is 0.974. The van der Waals surface area contributed by atoms with E-state index in [1.165, 1.54) is 0 Å². The van der Waals surface area contributed by atoms with Gasteiger partial charge in [-0.25, -0.2) is 0 Å². The van der Waals surface area contributed by atoms with Crippen LogP contribution in [0.3, 0.4) is 0 Å². The molecule has 0 aliphatic carbocycles. The highest BCUT2D eigenvalue weighted by atomic mass is 17.2. The first kappa shape index (κ1) is 9.30. The molecule has 1 heterocycles. The van der Waals surface area contributed by atoms with Crippen molar-refractivity contribution >= 4 is 0 Å². The van der Waals surface area contributed by atoms with Gasteiger partial charge in [-0.1, -0.05) is 0 Å². The Kier molecular flexibility index (Phi) is 2.86. The van der Waals surface area contributed by atoms with E-state index in [0.717, 1.165) is 12.4 Å². The van der Waals surface area contributed by atoms with Gasteiger partial charge in [0.15, 0.2) is 5.75 Å².